The molecule has 0 aromatic heterocycles. The predicted molar refractivity (Wildman–Crippen MR) is 110 cm³/mol. The van der Waals surface area contributed by atoms with Gasteiger partial charge in [-0.1, -0.05) is 49.4 Å². The van der Waals surface area contributed by atoms with Crippen LogP contribution in [-0.2, 0) is 22.5 Å². The number of nitrogens with one attached hydrogen (secondary N) is 1. The number of fused-ring (bicyclic) bond motifs is 1. The molecule has 0 saturated carbocycles. The van der Waals surface area contributed by atoms with E-state index in [1.165, 1.54) is 0 Å². The molecule has 2 aromatic carbocycles. The predicted octanol–water partition coefficient (Wildman–Crippen LogP) is 2.96. The molecule has 0 radical (unpaired) electrons. The van der Waals surface area contributed by atoms with E-state index < -0.39 is 17.9 Å². The Bertz CT molecular complexity index is 895. The molecule has 2 aromatic rings. The molecule has 3 rings (SSSR count). The van der Waals surface area contributed by atoms with Gasteiger partial charge in [0.05, 0.1) is 17.7 Å². The van der Waals surface area contributed by atoms with Crippen LogP contribution in [0.2, 0.25) is 0 Å². The number of amides is 2. The van der Waals surface area contributed by atoms with Crippen molar-refractivity contribution in [2.45, 2.75) is 39.3 Å². The van der Waals surface area contributed by atoms with E-state index in [9.17, 15) is 14.4 Å². The summed E-state index contributed by atoms with van der Waals surface area (Å²) in [6, 6.07) is 13.9. The second-order valence-corrected chi connectivity index (χ2v) is 7.03. The molecule has 1 aliphatic heterocycles. The van der Waals surface area contributed by atoms with Gasteiger partial charge in [-0.05, 0) is 30.5 Å². The Balaban J connectivity index is 1.83. The Kier molecular flexibility index (Phi) is 6.65. The molecule has 152 valence electrons. The van der Waals surface area contributed by atoms with Gasteiger partial charge in [-0.15, -0.1) is 0 Å². The molecule has 6 nitrogen and oxygen atoms in total. The van der Waals surface area contributed by atoms with Crippen molar-refractivity contribution in [2.75, 3.05) is 13.2 Å². The van der Waals surface area contributed by atoms with Crippen LogP contribution in [0, 0.1) is 0 Å². The molecule has 0 saturated heterocycles. The Morgan fingerprint density at radius 2 is 1.86 bits per heavy atom. The molecule has 2 amide bonds. The lowest BCUT2D eigenvalue weighted by molar-refractivity contribution is -0.145. The fourth-order valence-electron chi connectivity index (χ4n) is 3.58. The summed E-state index contributed by atoms with van der Waals surface area (Å²) in [5.41, 5.74) is 2.48. The highest BCUT2D eigenvalue weighted by molar-refractivity contribution is 6.10. The van der Waals surface area contributed by atoms with Crippen LogP contribution >= 0.6 is 0 Å². The Labute approximate surface area is 170 Å². The summed E-state index contributed by atoms with van der Waals surface area (Å²) in [7, 11) is 0. The third-order valence-electron chi connectivity index (χ3n) is 4.91. The van der Waals surface area contributed by atoms with Crippen LogP contribution in [0.25, 0.3) is 0 Å². The molecule has 6 heteroatoms. The van der Waals surface area contributed by atoms with Gasteiger partial charge in [0.2, 0.25) is 0 Å². The number of nitrogens with zero attached hydrogens (tertiary/aromatic N) is 1. The summed E-state index contributed by atoms with van der Waals surface area (Å²) in [6.07, 6.45) is 1.17. The van der Waals surface area contributed by atoms with Crippen molar-refractivity contribution in [3.8, 4) is 0 Å². The maximum Gasteiger partial charge on any atom is 0.328 e. The highest BCUT2D eigenvalue weighted by atomic mass is 16.5. The van der Waals surface area contributed by atoms with Gasteiger partial charge in [0, 0.05) is 19.5 Å². The minimum atomic E-state index is -0.830. The van der Waals surface area contributed by atoms with Crippen LogP contribution in [0.3, 0.4) is 0 Å². The fourth-order valence-corrected chi connectivity index (χ4v) is 3.58. The molecule has 1 aliphatic rings. The van der Waals surface area contributed by atoms with Crippen molar-refractivity contribution in [3.05, 3.63) is 70.8 Å². The van der Waals surface area contributed by atoms with Crippen molar-refractivity contribution in [1.29, 1.82) is 0 Å². The van der Waals surface area contributed by atoms with E-state index in [0.29, 0.717) is 30.6 Å². The number of hydrogen-bond acceptors (Lipinski definition) is 4. The quantitative estimate of drug-likeness (QED) is 0.699. The van der Waals surface area contributed by atoms with E-state index >= 15 is 0 Å². The SMILES string of the molecule is CCCN1Cc2cccc(C(=O)NC(Cc3ccccc3)C(=O)OCC)c2C1=O. The van der Waals surface area contributed by atoms with Gasteiger partial charge >= 0.3 is 5.97 Å². The first-order chi connectivity index (χ1) is 14.0. The van der Waals surface area contributed by atoms with E-state index in [-0.39, 0.29) is 12.5 Å². The Hall–Kier alpha value is -3.15. The monoisotopic (exact) mass is 394 g/mol. The standard InChI is InChI=1S/C23H26N2O4/c1-3-13-25-15-17-11-8-12-18(20(17)22(25)27)21(26)24-19(23(28)29-4-2)14-16-9-6-5-7-10-16/h5-12,19H,3-4,13-15H2,1-2H3,(H,24,26). The molecule has 0 aliphatic carbocycles. The summed E-state index contributed by atoms with van der Waals surface area (Å²) < 4.78 is 5.15. The van der Waals surface area contributed by atoms with Crippen molar-refractivity contribution in [3.63, 3.8) is 0 Å². The van der Waals surface area contributed by atoms with Crippen molar-refractivity contribution in [2.24, 2.45) is 0 Å². The lowest BCUT2D eigenvalue weighted by Crippen LogP contribution is -2.43. The van der Waals surface area contributed by atoms with Gasteiger partial charge in [0.15, 0.2) is 0 Å². The minimum absolute atomic E-state index is 0.136. The first-order valence-corrected chi connectivity index (χ1v) is 9.97. The number of rotatable bonds is 8. The number of carbonyl (C=O) groups is 3. The van der Waals surface area contributed by atoms with E-state index in [4.69, 9.17) is 4.74 Å². The lowest BCUT2D eigenvalue weighted by atomic mass is 10.0. The highest BCUT2D eigenvalue weighted by Gasteiger charge is 2.32. The molecule has 1 unspecified atom stereocenters. The van der Waals surface area contributed by atoms with Crippen LogP contribution in [-0.4, -0.2) is 41.9 Å². The number of hydrogen-bond donors (Lipinski definition) is 1. The molecule has 1 atom stereocenters. The van der Waals surface area contributed by atoms with Gasteiger partial charge < -0.3 is 15.0 Å². The normalized spacial score (nSPS) is 13.7. The smallest absolute Gasteiger partial charge is 0.328 e. The van der Waals surface area contributed by atoms with Crippen LogP contribution < -0.4 is 5.32 Å². The second-order valence-electron chi connectivity index (χ2n) is 7.03. The average Bonchev–Trinajstić information content (AvgIpc) is 3.04. The van der Waals surface area contributed by atoms with Crippen LogP contribution in [0.1, 0.15) is 52.1 Å². The highest BCUT2D eigenvalue weighted by Crippen LogP contribution is 2.26. The molecular weight excluding hydrogens is 368 g/mol. The first kappa shape index (κ1) is 20.6. The molecular formula is C23H26N2O4. The zero-order valence-corrected chi connectivity index (χ0v) is 16.8. The van der Waals surface area contributed by atoms with E-state index in [1.54, 1.807) is 24.0 Å². The summed E-state index contributed by atoms with van der Waals surface area (Å²) in [4.78, 5) is 40.0. The Morgan fingerprint density at radius 3 is 2.55 bits per heavy atom. The molecule has 0 spiro atoms. The number of benzene rings is 2. The number of esters is 1. The topological polar surface area (TPSA) is 75.7 Å². The fraction of sp³-hybridized carbons (Fsp3) is 0.348. The van der Waals surface area contributed by atoms with Gasteiger partial charge in [-0.25, -0.2) is 4.79 Å². The Morgan fingerprint density at radius 1 is 1.10 bits per heavy atom. The van der Waals surface area contributed by atoms with Gasteiger partial charge in [0.25, 0.3) is 11.8 Å². The van der Waals surface area contributed by atoms with Crippen molar-refractivity contribution < 1.29 is 19.1 Å². The van der Waals surface area contributed by atoms with E-state index in [2.05, 4.69) is 5.32 Å². The maximum atomic E-state index is 13.0. The summed E-state index contributed by atoms with van der Waals surface area (Å²) in [5.74, 6) is -1.07. The lowest BCUT2D eigenvalue weighted by Gasteiger charge is -2.18. The third kappa shape index (κ3) is 4.65. The van der Waals surface area contributed by atoms with Crippen LogP contribution in [0.4, 0.5) is 0 Å². The van der Waals surface area contributed by atoms with Gasteiger partial charge in [-0.3, -0.25) is 9.59 Å². The molecule has 29 heavy (non-hydrogen) atoms. The molecule has 0 fully saturated rings. The van der Waals surface area contributed by atoms with Crippen LogP contribution in [0.5, 0.6) is 0 Å². The van der Waals surface area contributed by atoms with E-state index in [1.807, 2.05) is 43.3 Å². The second kappa shape index (κ2) is 9.37. The largest absolute Gasteiger partial charge is 0.464 e. The van der Waals surface area contributed by atoms with Crippen molar-refractivity contribution in [1.82, 2.24) is 10.2 Å². The summed E-state index contributed by atoms with van der Waals surface area (Å²) >= 11 is 0. The average molecular weight is 394 g/mol. The zero-order valence-electron chi connectivity index (χ0n) is 16.8. The van der Waals surface area contributed by atoms with E-state index in [0.717, 1.165) is 17.5 Å². The summed E-state index contributed by atoms with van der Waals surface area (Å²) in [5, 5.41) is 2.78. The van der Waals surface area contributed by atoms with Crippen molar-refractivity contribution >= 4 is 17.8 Å². The number of carbonyl (C=O) groups excluding carboxylic acids is 3. The molecule has 1 N–H and O–H groups in total. The van der Waals surface area contributed by atoms with Gasteiger partial charge in [-0.2, -0.15) is 0 Å². The zero-order chi connectivity index (χ0) is 20.8. The summed E-state index contributed by atoms with van der Waals surface area (Å²) in [6.45, 7) is 5.12. The number of ether oxygens (including phenoxy) is 1. The van der Waals surface area contributed by atoms with Crippen LogP contribution in [0.15, 0.2) is 48.5 Å². The first-order valence-electron chi connectivity index (χ1n) is 9.97. The van der Waals surface area contributed by atoms with Gasteiger partial charge in [0.1, 0.15) is 6.04 Å². The third-order valence-corrected chi connectivity index (χ3v) is 4.91. The maximum absolute atomic E-state index is 13.0. The molecule has 1 heterocycles. The molecule has 0 bridgehead atoms. The minimum Gasteiger partial charge on any atom is -0.464 e.